The van der Waals surface area contributed by atoms with Gasteiger partial charge in [0.25, 0.3) is 0 Å². The third kappa shape index (κ3) is 3.98. The van der Waals surface area contributed by atoms with Crippen LogP contribution in [0.4, 0.5) is 0 Å². The Bertz CT molecular complexity index is 451. The first-order chi connectivity index (χ1) is 8.15. The Balaban J connectivity index is 0.00000162. The molecule has 2 amide bonds. The SMILES string of the molecule is Cl.O=C1CCC(NCc2cccc(Cl)c2)C(=O)N1. The molecule has 0 radical (unpaired) electrons. The van der Waals surface area contributed by atoms with E-state index in [1.54, 1.807) is 6.07 Å². The van der Waals surface area contributed by atoms with Crippen molar-refractivity contribution < 1.29 is 9.59 Å². The highest BCUT2D eigenvalue weighted by Gasteiger charge is 2.25. The van der Waals surface area contributed by atoms with Crippen LogP contribution in [0.2, 0.25) is 5.02 Å². The van der Waals surface area contributed by atoms with Crippen LogP contribution in [0.25, 0.3) is 0 Å². The number of imide groups is 1. The zero-order chi connectivity index (χ0) is 12.3. The Labute approximate surface area is 116 Å². The second-order valence-corrected chi connectivity index (χ2v) is 4.45. The second-order valence-electron chi connectivity index (χ2n) is 4.01. The van der Waals surface area contributed by atoms with Crippen molar-refractivity contribution in [3.8, 4) is 0 Å². The first-order valence-corrected chi connectivity index (χ1v) is 5.84. The van der Waals surface area contributed by atoms with Crippen LogP contribution in [0.3, 0.4) is 0 Å². The molecule has 0 saturated carbocycles. The van der Waals surface area contributed by atoms with Crippen LogP contribution in [0.5, 0.6) is 0 Å². The van der Waals surface area contributed by atoms with Crippen molar-refractivity contribution >= 4 is 35.8 Å². The minimum absolute atomic E-state index is 0. The quantitative estimate of drug-likeness (QED) is 0.832. The van der Waals surface area contributed by atoms with E-state index in [0.717, 1.165) is 5.56 Å². The molecule has 2 rings (SSSR count). The van der Waals surface area contributed by atoms with E-state index in [4.69, 9.17) is 11.6 Å². The lowest BCUT2D eigenvalue weighted by Crippen LogP contribution is -2.50. The Morgan fingerprint density at radius 2 is 2.17 bits per heavy atom. The van der Waals surface area contributed by atoms with Crippen molar-refractivity contribution in [2.45, 2.75) is 25.4 Å². The molecule has 1 aromatic carbocycles. The zero-order valence-corrected chi connectivity index (χ0v) is 11.2. The van der Waals surface area contributed by atoms with Crippen LogP contribution in [0, 0.1) is 0 Å². The van der Waals surface area contributed by atoms with E-state index in [1.807, 2.05) is 18.2 Å². The van der Waals surface area contributed by atoms with E-state index in [-0.39, 0.29) is 30.3 Å². The lowest BCUT2D eigenvalue weighted by atomic mass is 10.1. The molecule has 1 heterocycles. The molecule has 1 saturated heterocycles. The van der Waals surface area contributed by atoms with Gasteiger partial charge in [-0.2, -0.15) is 0 Å². The van der Waals surface area contributed by atoms with Crippen LogP contribution >= 0.6 is 24.0 Å². The molecule has 6 heteroatoms. The van der Waals surface area contributed by atoms with Gasteiger partial charge in [0, 0.05) is 18.0 Å². The maximum atomic E-state index is 11.5. The van der Waals surface area contributed by atoms with E-state index in [1.165, 1.54) is 0 Å². The van der Waals surface area contributed by atoms with E-state index in [0.29, 0.717) is 24.4 Å². The summed E-state index contributed by atoms with van der Waals surface area (Å²) in [6.45, 7) is 0.562. The van der Waals surface area contributed by atoms with Crippen molar-refractivity contribution in [1.82, 2.24) is 10.6 Å². The Hall–Kier alpha value is -1.10. The monoisotopic (exact) mass is 288 g/mol. The van der Waals surface area contributed by atoms with E-state index in [9.17, 15) is 9.59 Å². The summed E-state index contributed by atoms with van der Waals surface area (Å²) >= 11 is 5.86. The fourth-order valence-corrected chi connectivity index (χ4v) is 1.99. The van der Waals surface area contributed by atoms with Gasteiger partial charge in [-0.15, -0.1) is 12.4 Å². The number of benzene rings is 1. The molecule has 0 bridgehead atoms. The van der Waals surface area contributed by atoms with Crippen LogP contribution in [0.1, 0.15) is 18.4 Å². The van der Waals surface area contributed by atoms with Crippen LogP contribution in [-0.4, -0.2) is 17.9 Å². The van der Waals surface area contributed by atoms with E-state index >= 15 is 0 Å². The average molecular weight is 289 g/mol. The topological polar surface area (TPSA) is 58.2 Å². The molecular weight excluding hydrogens is 275 g/mol. The van der Waals surface area contributed by atoms with Crippen molar-refractivity contribution in [3.05, 3.63) is 34.9 Å². The van der Waals surface area contributed by atoms with Crippen molar-refractivity contribution in [3.63, 3.8) is 0 Å². The fraction of sp³-hybridized carbons (Fsp3) is 0.333. The molecule has 1 aliphatic rings. The number of hydrogen-bond acceptors (Lipinski definition) is 3. The van der Waals surface area contributed by atoms with Crippen LogP contribution in [-0.2, 0) is 16.1 Å². The van der Waals surface area contributed by atoms with E-state index in [2.05, 4.69) is 10.6 Å². The smallest absolute Gasteiger partial charge is 0.243 e. The molecule has 1 aromatic rings. The number of nitrogens with one attached hydrogen (secondary N) is 2. The van der Waals surface area contributed by atoms with Gasteiger partial charge in [-0.1, -0.05) is 23.7 Å². The molecule has 2 N–H and O–H groups in total. The molecular formula is C12H14Cl2N2O2. The standard InChI is InChI=1S/C12H13ClN2O2.ClH/c13-9-3-1-2-8(6-9)7-14-10-4-5-11(16)15-12(10)17;/h1-3,6,10,14H,4-5,7H2,(H,15,16,17);1H. The predicted molar refractivity (Wildman–Crippen MR) is 71.7 cm³/mol. The summed E-state index contributed by atoms with van der Waals surface area (Å²) in [4.78, 5) is 22.4. The maximum absolute atomic E-state index is 11.5. The Morgan fingerprint density at radius 1 is 1.39 bits per heavy atom. The number of carbonyl (C=O) groups is 2. The summed E-state index contributed by atoms with van der Waals surface area (Å²) < 4.78 is 0. The number of halogens is 2. The third-order valence-electron chi connectivity index (χ3n) is 2.68. The van der Waals surface area contributed by atoms with Gasteiger partial charge in [0.1, 0.15) is 0 Å². The Morgan fingerprint density at radius 3 is 2.83 bits per heavy atom. The van der Waals surface area contributed by atoms with Gasteiger partial charge in [-0.05, 0) is 24.1 Å². The first kappa shape index (κ1) is 15.0. The number of carbonyl (C=O) groups excluding carboxylic acids is 2. The highest BCUT2D eigenvalue weighted by atomic mass is 35.5. The minimum Gasteiger partial charge on any atom is -0.302 e. The highest BCUT2D eigenvalue weighted by Crippen LogP contribution is 2.11. The first-order valence-electron chi connectivity index (χ1n) is 5.46. The normalized spacial score (nSPS) is 19.1. The molecule has 98 valence electrons. The average Bonchev–Trinajstić information content (AvgIpc) is 2.28. The molecule has 0 aromatic heterocycles. The largest absolute Gasteiger partial charge is 0.302 e. The summed E-state index contributed by atoms with van der Waals surface area (Å²) in [5, 5.41) is 6.10. The number of piperidine rings is 1. The van der Waals surface area contributed by atoms with Gasteiger partial charge in [-0.3, -0.25) is 14.9 Å². The number of rotatable bonds is 3. The zero-order valence-electron chi connectivity index (χ0n) is 9.61. The summed E-state index contributed by atoms with van der Waals surface area (Å²) in [5.41, 5.74) is 1.02. The van der Waals surface area contributed by atoms with Gasteiger partial charge in [0.05, 0.1) is 6.04 Å². The van der Waals surface area contributed by atoms with Crippen molar-refractivity contribution in [2.75, 3.05) is 0 Å². The summed E-state index contributed by atoms with van der Waals surface area (Å²) in [5.74, 6) is -0.445. The highest BCUT2D eigenvalue weighted by molar-refractivity contribution is 6.30. The molecule has 0 spiro atoms. The maximum Gasteiger partial charge on any atom is 0.243 e. The summed E-state index contributed by atoms with van der Waals surface area (Å²) in [6.07, 6.45) is 0.935. The lowest BCUT2D eigenvalue weighted by Gasteiger charge is -2.21. The number of amides is 2. The second kappa shape index (κ2) is 6.73. The molecule has 4 nitrogen and oxygen atoms in total. The predicted octanol–water partition coefficient (Wildman–Crippen LogP) is 1.66. The molecule has 1 fully saturated rings. The van der Waals surface area contributed by atoms with Crippen molar-refractivity contribution in [1.29, 1.82) is 0 Å². The summed E-state index contributed by atoms with van der Waals surface area (Å²) in [7, 11) is 0. The van der Waals surface area contributed by atoms with Gasteiger partial charge < -0.3 is 5.32 Å². The molecule has 1 aliphatic heterocycles. The molecule has 0 aliphatic carbocycles. The van der Waals surface area contributed by atoms with Crippen molar-refractivity contribution in [2.24, 2.45) is 0 Å². The fourth-order valence-electron chi connectivity index (χ4n) is 1.78. The Kier molecular flexibility index (Phi) is 5.59. The van der Waals surface area contributed by atoms with E-state index < -0.39 is 0 Å². The van der Waals surface area contributed by atoms with Gasteiger partial charge in [0.2, 0.25) is 11.8 Å². The van der Waals surface area contributed by atoms with Crippen LogP contribution in [0.15, 0.2) is 24.3 Å². The molecule has 1 unspecified atom stereocenters. The lowest BCUT2D eigenvalue weighted by molar-refractivity contribution is -0.134. The molecule has 18 heavy (non-hydrogen) atoms. The third-order valence-corrected chi connectivity index (χ3v) is 2.92. The van der Waals surface area contributed by atoms with Gasteiger partial charge in [-0.25, -0.2) is 0 Å². The van der Waals surface area contributed by atoms with Gasteiger partial charge >= 0.3 is 0 Å². The van der Waals surface area contributed by atoms with Gasteiger partial charge in [0.15, 0.2) is 0 Å². The minimum atomic E-state index is -0.299. The molecule has 1 atom stereocenters. The van der Waals surface area contributed by atoms with Crippen LogP contribution < -0.4 is 10.6 Å². The number of hydrogen-bond donors (Lipinski definition) is 2. The summed E-state index contributed by atoms with van der Waals surface area (Å²) in [6, 6.07) is 7.15.